The maximum absolute atomic E-state index is 12.0. The third kappa shape index (κ3) is 1.93. The van der Waals surface area contributed by atoms with Gasteiger partial charge in [-0.05, 0) is 41.0 Å². The molecule has 3 N–H and O–H groups in total. The molecule has 2 aromatic heterocycles. The fourth-order valence-electron chi connectivity index (χ4n) is 2.87. The second-order valence-electron chi connectivity index (χ2n) is 5.34. The molecule has 0 atom stereocenters. The first-order valence-corrected chi connectivity index (χ1v) is 7.09. The van der Waals surface area contributed by atoms with Crippen molar-refractivity contribution < 1.29 is 5.11 Å². The molecule has 4 heteroatoms. The first-order valence-electron chi connectivity index (χ1n) is 7.09. The number of aromatic nitrogens is 2. The molecule has 4 aromatic rings. The lowest BCUT2D eigenvalue weighted by Crippen LogP contribution is -2.05. The molecule has 4 nitrogen and oxygen atoms in total. The number of rotatable bonds is 2. The topological polar surface area (TPSA) is 68.9 Å². The summed E-state index contributed by atoms with van der Waals surface area (Å²) in [5.74, 6) is 0. The molecule has 0 radical (unpaired) electrons. The quantitative estimate of drug-likeness (QED) is 0.531. The first kappa shape index (κ1) is 12.9. The van der Waals surface area contributed by atoms with Gasteiger partial charge in [0.25, 0.3) is 5.56 Å². The van der Waals surface area contributed by atoms with Gasteiger partial charge in [-0.2, -0.15) is 0 Å². The Kier molecular flexibility index (Phi) is 2.84. The Balaban J connectivity index is 2.00. The van der Waals surface area contributed by atoms with Gasteiger partial charge in [0, 0.05) is 22.5 Å². The van der Waals surface area contributed by atoms with Gasteiger partial charge in [-0.3, -0.25) is 4.79 Å². The highest BCUT2D eigenvalue weighted by molar-refractivity contribution is 6.05. The number of nitrogens with one attached hydrogen (secondary N) is 2. The standard InChI is InChI=1S/C18H14N2O2/c21-10-11-2-1-3-12(8-11)13-4-5-16-15(9-13)14-6-7-19-17(14)18(22)20-16/h1-9,19,21H,10H2,(H,20,22). The van der Waals surface area contributed by atoms with Crippen molar-refractivity contribution in [1.82, 2.24) is 9.97 Å². The van der Waals surface area contributed by atoms with Crippen LogP contribution in [0.5, 0.6) is 0 Å². The van der Waals surface area contributed by atoms with E-state index in [1.807, 2.05) is 42.5 Å². The summed E-state index contributed by atoms with van der Waals surface area (Å²) in [6.07, 6.45) is 1.78. The van der Waals surface area contributed by atoms with E-state index >= 15 is 0 Å². The maximum atomic E-state index is 12.0. The molecule has 0 saturated heterocycles. The first-order chi connectivity index (χ1) is 10.8. The zero-order chi connectivity index (χ0) is 15.1. The van der Waals surface area contributed by atoms with Crippen molar-refractivity contribution in [2.75, 3.05) is 0 Å². The van der Waals surface area contributed by atoms with Crippen LogP contribution in [0.4, 0.5) is 0 Å². The fraction of sp³-hybridized carbons (Fsp3) is 0.0556. The second-order valence-corrected chi connectivity index (χ2v) is 5.34. The van der Waals surface area contributed by atoms with Crippen LogP contribution in [0, 0.1) is 0 Å². The van der Waals surface area contributed by atoms with Gasteiger partial charge in [-0.15, -0.1) is 0 Å². The molecule has 0 aliphatic rings. The number of H-pyrrole nitrogens is 2. The van der Waals surface area contributed by atoms with Crippen molar-refractivity contribution in [1.29, 1.82) is 0 Å². The Morgan fingerprint density at radius 1 is 0.955 bits per heavy atom. The molecule has 0 unspecified atom stereocenters. The molecular formula is C18H14N2O2. The molecule has 0 aliphatic heterocycles. The van der Waals surface area contributed by atoms with E-state index in [-0.39, 0.29) is 12.2 Å². The molecule has 2 aromatic carbocycles. The Morgan fingerprint density at radius 2 is 1.82 bits per heavy atom. The summed E-state index contributed by atoms with van der Waals surface area (Å²) in [6.45, 7) is 0.0246. The van der Waals surface area contributed by atoms with E-state index in [9.17, 15) is 9.90 Å². The molecule has 0 fully saturated rings. The summed E-state index contributed by atoms with van der Waals surface area (Å²) < 4.78 is 0. The summed E-state index contributed by atoms with van der Waals surface area (Å²) in [4.78, 5) is 17.9. The summed E-state index contributed by atoms with van der Waals surface area (Å²) in [5.41, 5.74) is 4.28. The van der Waals surface area contributed by atoms with Crippen LogP contribution < -0.4 is 5.56 Å². The zero-order valence-corrected chi connectivity index (χ0v) is 11.8. The van der Waals surface area contributed by atoms with E-state index in [1.165, 1.54) is 0 Å². The van der Waals surface area contributed by atoms with Gasteiger partial charge in [0.2, 0.25) is 0 Å². The number of hydrogen-bond acceptors (Lipinski definition) is 2. The van der Waals surface area contributed by atoms with Crippen LogP contribution in [0.1, 0.15) is 5.56 Å². The largest absolute Gasteiger partial charge is 0.392 e. The lowest BCUT2D eigenvalue weighted by atomic mass is 10.0. The van der Waals surface area contributed by atoms with Crippen LogP contribution in [0.3, 0.4) is 0 Å². The summed E-state index contributed by atoms with van der Waals surface area (Å²) in [5, 5.41) is 11.2. The molecular weight excluding hydrogens is 276 g/mol. The van der Waals surface area contributed by atoms with E-state index in [4.69, 9.17) is 0 Å². The summed E-state index contributed by atoms with van der Waals surface area (Å²) >= 11 is 0. The lowest BCUT2D eigenvalue weighted by Gasteiger charge is -2.06. The molecule has 0 amide bonds. The number of benzene rings is 2. The molecule has 0 spiro atoms. The monoisotopic (exact) mass is 290 g/mol. The second kappa shape index (κ2) is 4.86. The number of pyridine rings is 1. The van der Waals surface area contributed by atoms with Crippen molar-refractivity contribution >= 4 is 21.8 Å². The number of aromatic amines is 2. The van der Waals surface area contributed by atoms with E-state index in [0.29, 0.717) is 5.52 Å². The maximum Gasteiger partial charge on any atom is 0.272 e. The van der Waals surface area contributed by atoms with Gasteiger partial charge in [0.1, 0.15) is 5.52 Å². The van der Waals surface area contributed by atoms with E-state index in [0.717, 1.165) is 33.0 Å². The van der Waals surface area contributed by atoms with Crippen LogP contribution in [-0.2, 0) is 6.61 Å². The van der Waals surface area contributed by atoms with Crippen LogP contribution in [-0.4, -0.2) is 15.1 Å². The zero-order valence-electron chi connectivity index (χ0n) is 11.8. The average Bonchev–Trinajstić information content (AvgIpc) is 3.05. The van der Waals surface area contributed by atoms with Crippen molar-refractivity contribution in [3.8, 4) is 11.1 Å². The van der Waals surface area contributed by atoms with Gasteiger partial charge in [0.15, 0.2) is 0 Å². The number of fused-ring (bicyclic) bond motifs is 3. The molecule has 4 rings (SSSR count). The lowest BCUT2D eigenvalue weighted by molar-refractivity contribution is 0.282. The highest BCUT2D eigenvalue weighted by Crippen LogP contribution is 2.27. The molecule has 22 heavy (non-hydrogen) atoms. The predicted octanol–water partition coefficient (Wildman–Crippen LogP) is 3.17. The van der Waals surface area contributed by atoms with Gasteiger partial charge < -0.3 is 15.1 Å². The minimum Gasteiger partial charge on any atom is -0.392 e. The highest BCUT2D eigenvalue weighted by Gasteiger charge is 2.07. The molecule has 0 saturated carbocycles. The molecule has 0 aliphatic carbocycles. The van der Waals surface area contributed by atoms with Crippen molar-refractivity contribution in [3.63, 3.8) is 0 Å². The smallest absolute Gasteiger partial charge is 0.272 e. The molecule has 2 heterocycles. The third-order valence-corrected chi connectivity index (χ3v) is 3.97. The van der Waals surface area contributed by atoms with E-state index < -0.39 is 0 Å². The average molecular weight is 290 g/mol. The summed E-state index contributed by atoms with van der Waals surface area (Å²) in [6, 6.07) is 15.7. The van der Waals surface area contributed by atoms with Crippen molar-refractivity contribution in [2.24, 2.45) is 0 Å². The van der Waals surface area contributed by atoms with Crippen LogP contribution in [0.2, 0.25) is 0 Å². The highest BCUT2D eigenvalue weighted by atomic mass is 16.3. The fourth-order valence-corrected chi connectivity index (χ4v) is 2.87. The van der Waals surface area contributed by atoms with Crippen molar-refractivity contribution in [2.45, 2.75) is 6.61 Å². The number of aliphatic hydroxyl groups excluding tert-OH is 1. The predicted molar refractivity (Wildman–Crippen MR) is 87.8 cm³/mol. The van der Waals surface area contributed by atoms with E-state index in [1.54, 1.807) is 6.20 Å². The Labute approximate surface area is 126 Å². The third-order valence-electron chi connectivity index (χ3n) is 3.97. The normalized spacial score (nSPS) is 11.3. The van der Waals surface area contributed by atoms with E-state index in [2.05, 4.69) is 16.0 Å². The SMILES string of the molecule is O=c1[nH]c2ccc(-c3cccc(CO)c3)cc2c2cc[nH]c12. The van der Waals surface area contributed by atoms with Crippen LogP contribution >= 0.6 is 0 Å². The van der Waals surface area contributed by atoms with Crippen LogP contribution in [0.15, 0.2) is 59.5 Å². The minimum absolute atomic E-state index is 0.0246. The number of hydrogen-bond donors (Lipinski definition) is 3. The van der Waals surface area contributed by atoms with Crippen molar-refractivity contribution in [3.05, 3.63) is 70.6 Å². The summed E-state index contributed by atoms with van der Waals surface area (Å²) in [7, 11) is 0. The Morgan fingerprint density at radius 3 is 2.68 bits per heavy atom. The Bertz CT molecular complexity index is 1040. The Hall–Kier alpha value is -2.85. The number of aliphatic hydroxyl groups is 1. The minimum atomic E-state index is -0.109. The molecule has 0 bridgehead atoms. The van der Waals surface area contributed by atoms with Crippen LogP contribution in [0.25, 0.3) is 32.9 Å². The van der Waals surface area contributed by atoms with Gasteiger partial charge in [-0.25, -0.2) is 0 Å². The molecule has 108 valence electrons. The van der Waals surface area contributed by atoms with Gasteiger partial charge >= 0.3 is 0 Å². The van der Waals surface area contributed by atoms with Gasteiger partial charge in [-0.1, -0.05) is 24.3 Å². The van der Waals surface area contributed by atoms with Gasteiger partial charge in [0.05, 0.1) is 6.61 Å².